The summed E-state index contributed by atoms with van der Waals surface area (Å²) in [5.41, 5.74) is 5.22. The largest absolute Gasteiger partial charge is 0.504 e. The third-order valence-electron chi connectivity index (χ3n) is 3.50. The van der Waals surface area contributed by atoms with Crippen LogP contribution in [0, 0.1) is 5.82 Å². The average molecular weight is 337 g/mol. The number of anilines is 1. The lowest BCUT2D eigenvalue weighted by Crippen LogP contribution is -2.04. The third kappa shape index (κ3) is 2.80. The summed E-state index contributed by atoms with van der Waals surface area (Å²) in [6.45, 7) is 0. The highest BCUT2D eigenvalue weighted by molar-refractivity contribution is 5.86. The molecular formula is C17H11F4NO2. The Hall–Kier alpha value is -2.96. The second kappa shape index (κ2) is 5.59. The molecular weight excluding hydrogens is 326 g/mol. The van der Waals surface area contributed by atoms with Crippen molar-refractivity contribution < 1.29 is 27.1 Å². The van der Waals surface area contributed by atoms with E-state index in [0.29, 0.717) is 5.56 Å². The number of nitrogen functional groups attached to an aromatic ring is 1. The van der Waals surface area contributed by atoms with Crippen LogP contribution >= 0.6 is 0 Å². The zero-order chi connectivity index (χ0) is 17.5. The summed E-state index contributed by atoms with van der Waals surface area (Å²) in [5.74, 6) is -1.15. The summed E-state index contributed by atoms with van der Waals surface area (Å²) in [7, 11) is 0. The number of hydrogen-bond acceptors (Lipinski definition) is 3. The molecule has 7 heteroatoms. The van der Waals surface area contributed by atoms with Crippen molar-refractivity contribution in [2.24, 2.45) is 0 Å². The summed E-state index contributed by atoms with van der Waals surface area (Å²) < 4.78 is 56.8. The van der Waals surface area contributed by atoms with Gasteiger partial charge in [-0.2, -0.15) is 13.2 Å². The molecule has 124 valence electrons. The van der Waals surface area contributed by atoms with Gasteiger partial charge in [0.1, 0.15) is 5.82 Å². The highest BCUT2D eigenvalue weighted by Crippen LogP contribution is 2.45. The van der Waals surface area contributed by atoms with Gasteiger partial charge in [-0.15, -0.1) is 0 Å². The minimum Gasteiger partial charge on any atom is -0.504 e. The molecule has 3 nitrogen and oxygen atoms in total. The molecule has 24 heavy (non-hydrogen) atoms. The smallest absolute Gasteiger partial charge is 0.416 e. The lowest BCUT2D eigenvalue weighted by Gasteiger charge is -2.08. The lowest BCUT2D eigenvalue weighted by molar-refractivity contribution is -0.137. The van der Waals surface area contributed by atoms with E-state index >= 15 is 0 Å². The molecule has 0 radical (unpaired) electrons. The van der Waals surface area contributed by atoms with Crippen LogP contribution in [0.3, 0.4) is 0 Å². The van der Waals surface area contributed by atoms with Crippen LogP contribution in [-0.4, -0.2) is 5.11 Å². The molecule has 0 fully saturated rings. The van der Waals surface area contributed by atoms with Crippen molar-refractivity contribution in [2.45, 2.75) is 6.18 Å². The SMILES string of the molecule is Nc1oc(-c2ccc(F)cc2)c(O)c1-c1cccc(C(F)(F)F)c1. The standard InChI is InChI=1S/C17H11F4NO2/c18-12-6-4-9(5-7-12)15-14(23)13(16(22)24-15)10-2-1-3-11(8-10)17(19,20)21/h1-8,23H,22H2. The Kier molecular flexibility index (Phi) is 3.71. The second-order valence-electron chi connectivity index (χ2n) is 5.10. The van der Waals surface area contributed by atoms with E-state index in [0.717, 1.165) is 24.3 Å². The highest BCUT2D eigenvalue weighted by Gasteiger charge is 2.31. The summed E-state index contributed by atoms with van der Waals surface area (Å²) in [5, 5.41) is 10.3. The van der Waals surface area contributed by atoms with E-state index in [-0.39, 0.29) is 22.8 Å². The molecule has 0 bridgehead atoms. The van der Waals surface area contributed by atoms with E-state index in [2.05, 4.69) is 0 Å². The molecule has 3 rings (SSSR count). The van der Waals surface area contributed by atoms with Crippen molar-refractivity contribution in [3.8, 4) is 28.2 Å². The lowest BCUT2D eigenvalue weighted by atomic mass is 10.0. The van der Waals surface area contributed by atoms with Gasteiger partial charge in [-0.3, -0.25) is 0 Å². The van der Waals surface area contributed by atoms with Crippen LogP contribution in [0.15, 0.2) is 52.9 Å². The molecule has 3 N–H and O–H groups in total. The van der Waals surface area contributed by atoms with Crippen LogP contribution in [0.5, 0.6) is 5.75 Å². The molecule has 0 unspecified atom stereocenters. The van der Waals surface area contributed by atoms with Crippen molar-refractivity contribution in [1.82, 2.24) is 0 Å². The van der Waals surface area contributed by atoms with Crippen LogP contribution in [0.4, 0.5) is 23.4 Å². The van der Waals surface area contributed by atoms with E-state index < -0.39 is 23.3 Å². The second-order valence-corrected chi connectivity index (χ2v) is 5.10. The number of rotatable bonds is 2. The molecule has 0 amide bonds. The van der Waals surface area contributed by atoms with Crippen LogP contribution in [0.25, 0.3) is 22.5 Å². The molecule has 0 aliphatic heterocycles. The summed E-state index contributed by atoms with van der Waals surface area (Å²) in [6.07, 6.45) is -4.52. The Morgan fingerprint density at radius 1 is 0.958 bits per heavy atom. The van der Waals surface area contributed by atoms with Gasteiger partial charge in [0.05, 0.1) is 11.1 Å². The van der Waals surface area contributed by atoms with Crippen molar-refractivity contribution >= 4 is 5.88 Å². The molecule has 2 aromatic carbocycles. The van der Waals surface area contributed by atoms with Gasteiger partial charge in [-0.25, -0.2) is 4.39 Å². The van der Waals surface area contributed by atoms with Crippen LogP contribution in [0.2, 0.25) is 0 Å². The van der Waals surface area contributed by atoms with Gasteiger partial charge >= 0.3 is 6.18 Å². The van der Waals surface area contributed by atoms with Gasteiger partial charge in [0.25, 0.3) is 0 Å². The molecule has 0 saturated heterocycles. The highest BCUT2D eigenvalue weighted by atomic mass is 19.4. The van der Waals surface area contributed by atoms with E-state index in [1.807, 2.05) is 0 Å². The van der Waals surface area contributed by atoms with Crippen LogP contribution in [0.1, 0.15) is 5.56 Å². The summed E-state index contributed by atoms with van der Waals surface area (Å²) in [6, 6.07) is 9.43. The van der Waals surface area contributed by atoms with Crippen molar-refractivity contribution in [1.29, 1.82) is 0 Å². The number of hydrogen-bond donors (Lipinski definition) is 2. The Bertz CT molecular complexity index is 883. The molecule has 0 aliphatic rings. The quantitative estimate of drug-likeness (QED) is 0.643. The van der Waals surface area contributed by atoms with Gasteiger partial charge in [-0.1, -0.05) is 12.1 Å². The Morgan fingerprint density at radius 3 is 2.25 bits per heavy atom. The van der Waals surface area contributed by atoms with Crippen molar-refractivity contribution in [3.63, 3.8) is 0 Å². The molecule has 3 aromatic rings. The fourth-order valence-corrected chi connectivity index (χ4v) is 2.37. The van der Waals surface area contributed by atoms with Crippen LogP contribution in [-0.2, 0) is 6.18 Å². The first-order valence-corrected chi connectivity index (χ1v) is 6.82. The molecule has 0 saturated carbocycles. The van der Waals surface area contributed by atoms with Gasteiger partial charge in [0.15, 0.2) is 11.5 Å². The Labute approximate surface area is 134 Å². The fraction of sp³-hybridized carbons (Fsp3) is 0.0588. The maximum absolute atomic E-state index is 13.0. The average Bonchev–Trinajstić information content (AvgIpc) is 2.82. The number of benzene rings is 2. The minimum absolute atomic E-state index is 0.0413. The number of nitrogens with two attached hydrogens (primary N) is 1. The summed E-state index contributed by atoms with van der Waals surface area (Å²) in [4.78, 5) is 0. The van der Waals surface area contributed by atoms with E-state index in [1.54, 1.807) is 0 Å². The maximum atomic E-state index is 13.0. The first-order chi connectivity index (χ1) is 11.3. The molecule has 0 aliphatic carbocycles. The zero-order valence-electron chi connectivity index (χ0n) is 12.1. The summed E-state index contributed by atoms with van der Waals surface area (Å²) >= 11 is 0. The van der Waals surface area contributed by atoms with Crippen molar-refractivity contribution in [3.05, 3.63) is 59.9 Å². The first kappa shape index (κ1) is 15.9. The molecule has 0 spiro atoms. The maximum Gasteiger partial charge on any atom is 0.416 e. The fourth-order valence-electron chi connectivity index (χ4n) is 2.37. The topological polar surface area (TPSA) is 59.4 Å². The van der Waals surface area contributed by atoms with Gasteiger partial charge in [0.2, 0.25) is 5.88 Å². The minimum atomic E-state index is -4.52. The third-order valence-corrected chi connectivity index (χ3v) is 3.50. The Balaban J connectivity index is 2.12. The van der Waals surface area contributed by atoms with Gasteiger partial charge in [-0.05, 0) is 42.0 Å². The number of furan rings is 1. The number of halogens is 4. The predicted molar refractivity (Wildman–Crippen MR) is 80.6 cm³/mol. The number of alkyl halides is 3. The van der Waals surface area contributed by atoms with Crippen molar-refractivity contribution in [2.75, 3.05) is 5.73 Å². The monoisotopic (exact) mass is 337 g/mol. The molecule has 1 aromatic heterocycles. The van der Waals surface area contributed by atoms with E-state index in [4.69, 9.17) is 10.2 Å². The predicted octanol–water partition coefficient (Wildman–Crippen LogP) is 5.06. The van der Waals surface area contributed by atoms with E-state index in [9.17, 15) is 22.7 Å². The van der Waals surface area contributed by atoms with E-state index in [1.165, 1.54) is 24.3 Å². The van der Waals surface area contributed by atoms with Gasteiger partial charge < -0.3 is 15.3 Å². The number of aromatic hydroxyl groups is 1. The van der Waals surface area contributed by atoms with Crippen LogP contribution < -0.4 is 5.73 Å². The zero-order valence-corrected chi connectivity index (χ0v) is 12.1. The Morgan fingerprint density at radius 2 is 1.62 bits per heavy atom. The van der Waals surface area contributed by atoms with Gasteiger partial charge in [0, 0.05) is 5.56 Å². The normalized spacial score (nSPS) is 11.7. The molecule has 0 atom stereocenters. The molecule has 1 heterocycles. The first-order valence-electron chi connectivity index (χ1n) is 6.82.